The Hall–Kier alpha value is -3.21. The molecule has 3 heterocycles. The van der Waals surface area contributed by atoms with Crippen LogP contribution in [0.2, 0.25) is 0 Å². The molecule has 2 fully saturated rings. The summed E-state index contributed by atoms with van der Waals surface area (Å²) in [7, 11) is -1.18. The smallest absolute Gasteiger partial charge is 0.303 e. The molecule has 2 aromatic carbocycles. The van der Waals surface area contributed by atoms with Crippen LogP contribution in [-0.4, -0.2) is 76.4 Å². The summed E-state index contributed by atoms with van der Waals surface area (Å²) in [5.74, 6) is 0.0354. The van der Waals surface area contributed by atoms with Crippen LogP contribution in [0.5, 0.6) is 0 Å². The van der Waals surface area contributed by atoms with Crippen LogP contribution in [0.3, 0.4) is 0 Å². The molecular formula is C32H40N4O5S. The molecule has 2 aromatic rings. The molecule has 4 aliphatic rings. The monoisotopic (exact) mass is 592 g/mol. The van der Waals surface area contributed by atoms with E-state index in [0.717, 1.165) is 34.8 Å². The van der Waals surface area contributed by atoms with Crippen LogP contribution >= 0.6 is 0 Å². The maximum absolute atomic E-state index is 14.0. The minimum Gasteiger partial charge on any atom is -0.380 e. The van der Waals surface area contributed by atoms with E-state index in [2.05, 4.69) is 33.9 Å². The Morgan fingerprint density at radius 1 is 0.952 bits per heavy atom. The maximum atomic E-state index is 14.0. The number of hydrogen-bond donors (Lipinski definition) is 1. The number of carbonyl (C=O) groups is 2. The summed E-state index contributed by atoms with van der Waals surface area (Å²) in [6.45, 7) is 2.82. The van der Waals surface area contributed by atoms with Crippen molar-refractivity contribution in [3.63, 3.8) is 0 Å². The van der Waals surface area contributed by atoms with E-state index in [1.165, 1.54) is 44.5 Å². The number of benzene rings is 2. The summed E-state index contributed by atoms with van der Waals surface area (Å²) in [4.78, 5) is 31.4. The summed E-state index contributed by atoms with van der Waals surface area (Å²) >= 11 is 0. The van der Waals surface area contributed by atoms with Gasteiger partial charge in [-0.15, -0.1) is 0 Å². The third-order valence-corrected chi connectivity index (χ3v) is 10.7. The van der Waals surface area contributed by atoms with Crippen LogP contribution in [0.25, 0.3) is 6.08 Å². The summed E-state index contributed by atoms with van der Waals surface area (Å²) < 4.78 is 33.6. The van der Waals surface area contributed by atoms with E-state index in [9.17, 15) is 18.0 Å². The average molecular weight is 593 g/mol. The molecule has 1 N–H and O–H groups in total. The van der Waals surface area contributed by atoms with Crippen LogP contribution in [0.1, 0.15) is 77.5 Å². The molecule has 1 saturated heterocycles. The number of fused-ring (bicyclic) bond motifs is 5. The van der Waals surface area contributed by atoms with Crippen LogP contribution in [0.15, 0.2) is 48.0 Å². The Kier molecular flexibility index (Phi) is 8.13. The van der Waals surface area contributed by atoms with Crippen LogP contribution in [-0.2, 0) is 19.7 Å². The summed E-state index contributed by atoms with van der Waals surface area (Å²) in [6.07, 6.45) is 8.81. The number of nitrogens with zero attached hydrogens (tertiary/aromatic N) is 3. The Labute approximate surface area is 248 Å². The fourth-order valence-electron chi connectivity index (χ4n) is 7.16. The van der Waals surface area contributed by atoms with Gasteiger partial charge in [0.1, 0.15) is 0 Å². The van der Waals surface area contributed by atoms with Crippen molar-refractivity contribution in [2.24, 2.45) is 5.92 Å². The molecule has 10 heteroatoms. The fourth-order valence-corrected chi connectivity index (χ4v) is 7.69. The highest BCUT2D eigenvalue weighted by atomic mass is 32.2. The number of hydrogen-bond acceptors (Lipinski definition) is 6. The summed E-state index contributed by atoms with van der Waals surface area (Å²) in [6, 6.07) is 14.0. The maximum Gasteiger partial charge on any atom is 0.303 e. The highest BCUT2D eigenvalue weighted by Crippen LogP contribution is 2.56. The molecule has 6 rings (SSSR count). The van der Waals surface area contributed by atoms with E-state index >= 15 is 0 Å². The first-order valence-electron chi connectivity index (χ1n) is 15.1. The lowest BCUT2D eigenvalue weighted by atomic mass is 9.73. The molecule has 1 saturated carbocycles. The highest BCUT2D eigenvalue weighted by molar-refractivity contribution is 7.87. The van der Waals surface area contributed by atoms with Crippen molar-refractivity contribution in [3.05, 3.63) is 70.3 Å². The predicted octanol–water partition coefficient (Wildman–Crippen LogP) is 4.09. The van der Waals surface area contributed by atoms with Gasteiger partial charge in [-0.05, 0) is 60.1 Å². The topological polar surface area (TPSA) is 99.3 Å². The van der Waals surface area contributed by atoms with Gasteiger partial charge in [-0.3, -0.25) is 9.59 Å². The molecule has 3 aliphatic heterocycles. The van der Waals surface area contributed by atoms with Gasteiger partial charge in [0.15, 0.2) is 0 Å². The lowest BCUT2D eigenvalue weighted by Gasteiger charge is -2.36. The zero-order chi connectivity index (χ0) is 29.4. The standard InChI is InChI=1S/C32H40N4O5S/c1-34(2)42(39,40)33-31(37)24-13-14-27-28(20-24)36-21-25(32(38)35-15-8-17-41-18-16-35)19-23-11-6-7-12-26(23)30(36)29(27)22-9-4-3-5-10-22/h6-7,11-14,19-20,22,29-30H,3-5,8-10,15-18,21H2,1-2H3,(H,33,37). The average Bonchev–Trinajstić information content (AvgIpc) is 3.16. The van der Waals surface area contributed by atoms with Crippen LogP contribution < -0.4 is 9.62 Å². The van der Waals surface area contributed by atoms with Crippen molar-refractivity contribution >= 4 is 33.8 Å². The number of anilines is 1. The molecule has 0 aromatic heterocycles. The normalized spacial score (nSPS) is 22.9. The van der Waals surface area contributed by atoms with Gasteiger partial charge in [-0.1, -0.05) is 49.6 Å². The van der Waals surface area contributed by atoms with E-state index in [-0.39, 0.29) is 23.4 Å². The van der Waals surface area contributed by atoms with Crippen molar-refractivity contribution in [3.8, 4) is 0 Å². The van der Waals surface area contributed by atoms with Gasteiger partial charge in [0.2, 0.25) is 0 Å². The molecule has 1 aliphatic carbocycles. The van der Waals surface area contributed by atoms with Gasteiger partial charge in [-0.2, -0.15) is 12.7 Å². The predicted molar refractivity (Wildman–Crippen MR) is 162 cm³/mol. The highest BCUT2D eigenvalue weighted by Gasteiger charge is 2.46. The van der Waals surface area contributed by atoms with Gasteiger partial charge < -0.3 is 14.5 Å². The fraction of sp³-hybridized carbons (Fsp3) is 0.500. The van der Waals surface area contributed by atoms with Gasteiger partial charge in [0.25, 0.3) is 11.8 Å². The molecule has 42 heavy (non-hydrogen) atoms. The summed E-state index contributed by atoms with van der Waals surface area (Å²) in [5, 5.41) is 0. The van der Waals surface area contributed by atoms with E-state index in [4.69, 9.17) is 4.74 Å². The molecule has 2 unspecified atom stereocenters. The third kappa shape index (κ3) is 5.47. The van der Waals surface area contributed by atoms with Gasteiger partial charge in [0.05, 0.1) is 12.6 Å². The number of carbonyl (C=O) groups excluding carboxylic acids is 2. The largest absolute Gasteiger partial charge is 0.380 e. The SMILES string of the molecule is CN(C)S(=O)(=O)NC(=O)c1ccc2c(c1)N1CC(C(=O)N3CCCOCC3)=Cc3ccccc3C1C2C1CCCCC1. The van der Waals surface area contributed by atoms with Gasteiger partial charge in [0, 0.05) is 63.1 Å². The van der Waals surface area contributed by atoms with Crippen molar-refractivity contribution in [1.82, 2.24) is 13.9 Å². The first-order valence-corrected chi connectivity index (χ1v) is 16.5. The second-order valence-electron chi connectivity index (χ2n) is 12.0. The second-order valence-corrected chi connectivity index (χ2v) is 13.9. The number of ether oxygens (including phenoxy) is 1. The number of amides is 2. The molecule has 9 nitrogen and oxygen atoms in total. The van der Waals surface area contributed by atoms with E-state index in [1.54, 1.807) is 6.07 Å². The third-order valence-electron chi connectivity index (χ3n) is 9.27. The number of nitrogens with one attached hydrogen (secondary N) is 1. The lowest BCUT2D eigenvalue weighted by Crippen LogP contribution is -2.39. The zero-order valence-corrected chi connectivity index (χ0v) is 25.2. The Bertz CT molecular complexity index is 1490. The summed E-state index contributed by atoms with van der Waals surface area (Å²) in [5.41, 5.74) is 5.31. The minimum atomic E-state index is -3.94. The zero-order valence-electron chi connectivity index (χ0n) is 24.4. The van der Waals surface area contributed by atoms with E-state index in [0.29, 0.717) is 44.3 Å². The first-order chi connectivity index (χ1) is 20.2. The molecule has 2 amide bonds. The molecule has 0 radical (unpaired) electrons. The number of rotatable bonds is 5. The molecular weight excluding hydrogens is 552 g/mol. The molecule has 224 valence electrons. The van der Waals surface area contributed by atoms with Crippen molar-refractivity contribution in [2.75, 3.05) is 51.8 Å². The quantitative estimate of drug-likeness (QED) is 0.562. The van der Waals surface area contributed by atoms with Crippen molar-refractivity contribution < 1.29 is 22.7 Å². The Morgan fingerprint density at radius 2 is 1.74 bits per heavy atom. The van der Waals surface area contributed by atoms with Crippen LogP contribution in [0, 0.1) is 5.92 Å². The van der Waals surface area contributed by atoms with Gasteiger partial charge in [-0.25, -0.2) is 4.72 Å². The van der Waals surface area contributed by atoms with Gasteiger partial charge >= 0.3 is 10.2 Å². The molecule has 0 spiro atoms. The Balaban J connectivity index is 1.44. The van der Waals surface area contributed by atoms with E-state index in [1.807, 2.05) is 23.1 Å². The lowest BCUT2D eigenvalue weighted by molar-refractivity contribution is -0.127. The van der Waals surface area contributed by atoms with E-state index < -0.39 is 16.1 Å². The second kappa shape index (κ2) is 11.8. The van der Waals surface area contributed by atoms with Crippen molar-refractivity contribution in [1.29, 1.82) is 0 Å². The molecule has 0 bridgehead atoms. The molecule has 2 atom stereocenters. The minimum absolute atomic E-state index is 0.0112. The Morgan fingerprint density at radius 3 is 2.52 bits per heavy atom. The van der Waals surface area contributed by atoms with Crippen LogP contribution in [0.4, 0.5) is 5.69 Å². The first kappa shape index (κ1) is 28.9. The van der Waals surface area contributed by atoms with Crippen molar-refractivity contribution in [2.45, 2.75) is 50.5 Å².